The van der Waals surface area contributed by atoms with Crippen molar-refractivity contribution >= 4 is 29.4 Å². The second-order valence-corrected chi connectivity index (χ2v) is 10.6. The van der Waals surface area contributed by atoms with Crippen molar-refractivity contribution in [3.63, 3.8) is 0 Å². The van der Waals surface area contributed by atoms with Gasteiger partial charge < -0.3 is 24.0 Å². The zero-order chi connectivity index (χ0) is 28.0. The van der Waals surface area contributed by atoms with Crippen LogP contribution in [0.2, 0.25) is 0 Å². The van der Waals surface area contributed by atoms with Gasteiger partial charge in [0.15, 0.2) is 0 Å². The summed E-state index contributed by atoms with van der Waals surface area (Å²) < 4.78 is 15.8. The van der Waals surface area contributed by atoms with Gasteiger partial charge in [0.25, 0.3) is 0 Å². The smallest absolute Gasteiger partial charge is 0.410 e. The lowest BCUT2D eigenvalue weighted by Gasteiger charge is -2.33. The third-order valence-corrected chi connectivity index (χ3v) is 6.62. The molecule has 0 aliphatic carbocycles. The Morgan fingerprint density at radius 1 is 0.974 bits per heavy atom. The topological polar surface area (TPSA) is 88.6 Å². The van der Waals surface area contributed by atoms with Crippen molar-refractivity contribution in [3.05, 3.63) is 71.3 Å². The second-order valence-electron chi connectivity index (χ2n) is 10.6. The number of anilines is 1. The van der Waals surface area contributed by atoms with Crippen LogP contribution in [-0.2, 0) is 20.8 Å². The van der Waals surface area contributed by atoms with E-state index in [0.717, 1.165) is 22.4 Å². The molecule has 2 heterocycles. The highest BCUT2D eigenvalue weighted by Crippen LogP contribution is 2.28. The summed E-state index contributed by atoms with van der Waals surface area (Å²) >= 11 is 0. The van der Waals surface area contributed by atoms with Gasteiger partial charge in [-0.05, 0) is 68.2 Å². The van der Waals surface area contributed by atoms with E-state index in [9.17, 15) is 14.4 Å². The van der Waals surface area contributed by atoms with Gasteiger partial charge in [-0.15, -0.1) is 0 Å². The first-order valence-electron chi connectivity index (χ1n) is 13.2. The van der Waals surface area contributed by atoms with E-state index in [1.165, 1.54) is 7.11 Å². The first-order chi connectivity index (χ1) is 18.6. The summed E-state index contributed by atoms with van der Waals surface area (Å²) in [6.07, 6.45) is 2.42. The Bertz CT molecular complexity index is 1210. The van der Waals surface area contributed by atoms with Gasteiger partial charge in [-0.2, -0.15) is 0 Å². The van der Waals surface area contributed by atoms with E-state index in [0.29, 0.717) is 57.9 Å². The van der Waals surface area contributed by atoms with Gasteiger partial charge in [-0.1, -0.05) is 30.3 Å². The number of morpholine rings is 1. The van der Waals surface area contributed by atoms with Crippen LogP contribution in [-0.4, -0.2) is 80.0 Å². The van der Waals surface area contributed by atoms with E-state index >= 15 is 0 Å². The average molecular weight is 536 g/mol. The molecular formula is C30H37N3O6. The molecule has 208 valence electrons. The number of hydrogen-bond acceptors (Lipinski definition) is 6. The number of nitrogens with zero attached hydrogens (tertiary/aromatic N) is 3. The summed E-state index contributed by atoms with van der Waals surface area (Å²) in [6, 6.07) is 14.9. The normalized spacial score (nSPS) is 15.8. The molecule has 2 aliphatic heterocycles. The first-order valence-corrected chi connectivity index (χ1v) is 13.2. The Balaban J connectivity index is 1.56. The maximum atomic E-state index is 13.7. The lowest BCUT2D eigenvalue weighted by atomic mass is 9.99. The number of carbonyl (C=O) groups excluding carboxylic acids is 3. The van der Waals surface area contributed by atoms with E-state index < -0.39 is 11.6 Å². The molecule has 9 nitrogen and oxygen atoms in total. The molecule has 0 N–H and O–H groups in total. The van der Waals surface area contributed by atoms with Crippen LogP contribution in [0.4, 0.5) is 15.3 Å². The van der Waals surface area contributed by atoms with Crippen LogP contribution in [0.3, 0.4) is 0 Å². The highest BCUT2D eigenvalue weighted by atomic mass is 16.6. The molecule has 39 heavy (non-hydrogen) atoms. The molecule has 0 radical (unpaired) electrons. The molecule has 0 atom stereocenters. The van der Waals surface area contributed by atoms with Gasteiger partial charge in [-0.3, -0.25) is 4.90 Å². The molecule has 0 aromatic heterocycles. The predicted octanol–water partition coefficient (Wildman–Crippen LogP) is 4.96. The first kappa shape index (κ1) is 28.2. The largest absolute Gasteiger partial charge is 0.465 e. The van der Waals surface area contributed by atoms with Crippen molar-refractivity contribution in [2.75, 3.05) is 51.4 Å². The van der Waals surface area contributed by atoms with Gasteiger partial charge in [0.2, 0.25) is 0 Å². The van der Waals surface area contributed by atoms with E-state index in [4.69, 9.17) is 14.2 Å². The minimum atomic E-state index is -0.536. The average Bonchev–Trinajstić information content (AvgIpc) is 2.95. The van der Waals surface area contributed by atoms with E-state index in [1.54, 1.807) is 26.8 Å². The number of methoxy groups -OCH3 is 1. The molecule has 0 saturated carbocycles. The quantitative estimate of drug-likeness (QED) is 0.503. The zero-order valence-corrected chi connectivity index (χ0v) is 23.1. The second kappa shape index (κ2) is 12.3. The highest BCUT2D eigenvalue weighted by Gasteiger charge is 2.26. The number of benzene rings is 2. The Morgan fingerprint density at radius 2 is 1.69 bits per heavy atom. The van der Waals surface area contributed by atoms with E-state index in [-0.39, 0.29) is 12.1 Å². The molecule has 4 rings (SSSR count). The fraction of sp³-hybridized carbons (Fsp3) is 0.433. The molecule has 3 amide bonds. The molecular weight excluding hydrogens is 498 g/mol. The van der Waals surface area contributed by atoms with Gasteiger partial charge >= 0.3 is 18.1 Å². The Hall–Kier alpha value is -3.85. The molecule has 2 aliphatic rings. The van der Waals surface area contributed by atoms with Crippen LogP contribution in [0.25, 0.3) is 5.57 Å². The maximum Gasteiger partial charge on any atom is 0.410 e. The van der Waals surface area contributed by atoms with Crippen LogP contribution in [0.1, 0.15) is 48.7 Å². The number of urea groups is 1. The number of rotatable bonds is 5. The Kier molecular flexibility index (Phi) is 8.91. The lowest BCUT2D eigenvalue weighted by molar-refractivity contribution is 0.0270. The van der Waals surface area contributed by atoms with E-state index in [2.05, 4.69) is 0 Å². The summed E-state index contributed by atoms with van der Waals surface area (Å²) in [4.78, 5) is 43.3. The molecule has 1 fully saturated rings. The zero-order valence-electron chi connectivity index (χ0n) is 23.1. The minimum absolute atomic E-state index is 0.0961. The number of ether oxygens (including phenoxy) is 3. The van der Waals surface area contributed by atoms with Gasteiger partial charge in [0.05, 0.1) is 32.4 Å². The molecule has 2 aromatic rings. The minimum Gasteiger partial charge on any atom is -0.465 e. The fourth-order valence-electron chi connectivity index (χ4n) is 4.54. The van der Waals surface area contributed by atoms with Gasteiger partial charge in [-0.25, -0.2) is 14.4 Å². The Labute approximate surface area is 229 Å². The molecule has 1 saturated heterocycles. The highest BCUT2D eigenvalue weighted by molar-refractivity contribution is 5.93. The Morgan fingerprint density at radius 3 is 2.31 bits per heavy atom. The van der Waals surface area contributed by atoms with Crippen LogP contribution < -0.4 is 4.90 Å². The summed E-state index contributed by atoms with van der Waals surface area (Å²) in [5, 5.41) is 0. The monoisotopic (exact) mass is 535 g/mol. The molecule has 0 spiro atoms. The molecule has 0 unspecified atom stereocenters. The van der Waals surface area contributed by atoms with Crippen molar-refractivity contribution in [1.82, 2.24) is 9.80 Å². The lowest BCUT2D eigenvalue weighted by Crippen LogP contribution is -2.48. The maximum absolute atomic E-state index is 13.7. The standard InChI is InChI=1S/C30H37N3O6/c1-30(2,3)39-29(36)32-14-12-23(13-15-32)25-6-5-7-26(20-25)33(28(35)31-16-18-38-19-17-31)21-22-8-10-24(11-9-22)27(34)37-4/h5-12,20H,13-19,21H2,1-4H3. The number of esters is 1. The summed E-state index contributed by atoms with van der Waals surface area (Å²) in [6.45, 7) is 9.03. The van der Waals surface area contributed by atoms with Crippen molar-refractivity contribution in [2.45, 2.75) is 39.3 Å². The number of amides is 3. The van der Waals surface area contributed by atoms with E-state index in [1.807, 2.05) is 63.2 Å². The van der Waals surface area contributed by atoms with Crippen LogP contribution >= 0.6 is 0 Å². The van der Waals surface area contributed by atoms with Gasteiger partial charge in [0.1, 0.15) is 5.60 Å². The van der Waals surface area contributed by atoms with Crippen molar-refractivity contribution in [2.24, 2.45) is 0 Å². The number of hydrogen-bond donors (Lipinski definition) is 0. The van der Waals surface area contributed by atoms with Crippen molar-refractivity contribution in [3.8, 4) is 0 Å². The van der Waals surface area contributed by atoms with Crippen LogP contribution in [0.5, 0.6) is 0 Å². The van der Waals surface area contributed by atoms with Crippen LogP contribution in [0.15, 0.2) is 54.6 Å². The molecule has 9 heteroatoms. The summed E-state index contributed by atoms with van der Waals surface area (Å²) in [5.41, 5.74) is 3.72. The summed E-state index contributed by atoms with van der Waals surface area (Å²) in [5.74, 6) is -0.401. The molecule has 0 bridgehead atoms. The molecule has 2 aromatic carbocycles. The van der Waals surface area contributed by atoms with Crippen LogP contribution in [0, 0.1) is 0 Å². The third kappa shape index (κ3) is 7.38. The van der Waals surface area contributed by atoms with Crippen molar-refractivity contribution in [1.29, 1.82) is 0 Å². The third-order valence-electron chi connectivity index (χ3n) is 6.62. The predicted molar refractivity (Wildman–Crippen MR) is 149 cm³/mol. The van der Waals surface area contributed by atoms with Gasteiger partial charge in [0, 0.05) is 31.9 Å². The SMILES string of the molecule is COC(=O)c1ccc(CN(C(=O)N2CCOCC2)c2cccc(C3=CCN(C(=O)OC(C)(C)C)CC3)c2)cc1. The summed E-state index contributed by atoms with van der Waals surface area (Å²) in [7, 11) is 1.35. The van der Waals surface area contributed by atoms with Crippen molar-refractivity contribution < 1.29 is 28.6 Å². The fourth-order valence-corrected chi connectivity index (χ4v) is 4.54. The number of carbonyl (C=O) groups is 3.